The molecule has 0 aliphatic heterocycles. The zero-order chi connectivity index (χ0) is 16.7. The molecule has 0 bridgehead atoms. The molecule has 0 amide bonds. The molecule has 23 heavy (non-hydrogen) atoms. The normalized spacial score (nSPS) is 12.1. The lowest BCUT2D eigenvalue weighted by Gasteiger charge is -2.11. The number of hydrogen-bond donors (Lipinski definition) is 1. The maximum atomic E-state index is 11.9. The van der Waals surface area contributed by atoms with Crippen molar-refractivity contribution >= 4 is 17.7 Å². The molecule has 0 saturated heterocycles. The highest BCUT2D eigenvalue weighted by molar-refractivity contribution is 8.00. The van der Waals surface area contributed by atoms with Gasteiger partial charge in [0.1, 0.15) is 5.25 Å². The predicted molar refractivity (Wildman–Crippen MR) is 89.6 cm³/mol. The molecule has 0 fully saturated rings. The van der Waals surface area contributed by atoms with Crippen molar-refractivity contribution in [2.45, 2.75) is 43.6 Å². The van der Waals surface area contributed by atoms with Crippen molar-refractivity contribution in [1.82, 2.24) is 14.8 Å². The smallest absolute Gasteiger partial charge is 0.343 e. The third-order valence-corrected chi connectivity index (χ3v) is 4.32. The van der Waals surface area contributed by atoms with E-state index in [-0.39, 0.29) is 11.7 Å². The second kappa shape index (κ2) is 8.57. The number of carbonyl (C=O) groups excluding carboxylic acids is 1. The third kappa shape index (κ3) is 4.99. The number of carbonyl (C=O) groups is 1. The van der Waals surface area contributed by atoms with Crippen molar-refractivity contribution in [2.24, 2.45) is 0 Å². The number of nitrogens with one attached hydrogen (secondary N) is 1. The molecule has 1 aromatic heterocycles. The number of ether oxygens (including phenoxy) is 1. The minimum Gasteiger partial charge on any atom is -0.465 e. The van der Waals surface area contributed by atoms with E-state index >= 15 is 0 Å². The van der Waals surface area contributed by atoms with Gasteiger partial charge in [0.25, 0.3) is 0 Å². The number of aryl methyl sites for hydroxylation is 1. The summed E-state index contributed by atoms with van der Waals surface area (Å²) in [5.74, 6) is -0.290. The van der Waals surface area contributed by atoms with E-state index in [1.54, 1.807) is 11.5 Å². The molecule has 1 heterocycles. The molecule has 7 heteroatoms. The SMILES string of the molecule is CCCOC(=O)C(C)Sc1n[nH]c(=O)n1CCc1ccccc1. The Bertz CT molecular complexity index is 681. The largest absolute Gasteiger partial charge is 0.465 e. The van der Waals surface area contributed by atoms with Crippen LogP contribution in [0.2, 0.25) is 0 Å². The predicted octanol–water partition coefficient (Wildman–Crippen LogP) is 2.25. The van der Waals surface area contributed by atoms with E-state index in [2.05, 4.69) is 10.2 Å². The van der Waals surface area contributed by atoms with Crippen LogP contribution >= 0.6 is 11.8 Å². The molecule has 124 valence electrons. The number of hydrogen-bond acceptors (Lipinski definition) is 5. The van der Waals surface area contributed by atoms with Crippen LogP contribution in [0.4, 0.5) is 0 Å². The number of rotatable bonds is 8. The Hall–Kier alpha value is -2.02. The molecule has 1 atom stereocenters. The van der Waals surface area contributed by atoms with Crippen LogP contribution < -0.4 is 5.69 Å². The topological polar surface area (TPSA) is 77.0 Å². The molecule has 6 nitrogen and oxygen atoms in total. The monoisotopic (exact) mass is 335 g/mol. The first-order chi connectivity index (χ1) is 11.1. The molecule has 1 unspecified atom stereocenters. The molecule has 0 aliphatic carbocycles. The molecular weight excluding hydrogens is 314 g/mol. The van der Waals surface area contributed by atoms with E-state index in [0.29, 0.717) is 18.3 Å². The van der Waals surface area contributed by atoms with E-state index in [4.69, 9.17) is 4.74 Å². The second-order valence-corrected chi connectivity index (χ2v) is 6.43. The molecule has 1 N–H and O–H groups in total. The fourth-order valence-corrected chi connectivity index (χ4v) is 2.88. The van der Waals surface area contributed by atoms with Gasteiger partial charge in [-0.05, 0) is 25.3 Å². The van der Waals surface area contributed by atoms with Crippen LogP contribution in [0.5, 0.6) is 0 Å². The maximum absolute atomic E-state index is 11.9. The van der Waals surface area contributed by atoms with E-state index in [1.807, 2.05) is 37.3 Å². The average molecular weight is 335 g/mol. The van der Waals surface area contributed by atoms with Gasteiger partial charge in [-0.1, -0.05) is 49.0 Å². The molecule has 2 aromatic rings. The molecule has 0 spiro atoms. The van der Waals surface area contributed by atoms with Crippen LogP contribution in [0.25, 0.3) is 0 Å². The Morgan fingerprint density at radius 2 is 2.13 bits per heavy atom. The zero-order valence-corrected chi connectivity index (χ0v) is 14.1. The summed E-state index contributed by atoms with van der Waals surface area (Å²) in [6, 6.07) is 9.92. The molecule has 0 aliphatic rings. The summed E-state index contributed by atoms with van der Waals surface area (Å²) in [5, 5.41) is 6.55. The fraction of sp³-hybridized carbons (Fsp3) is 0.438. The highest BCUT2D eigenvalue weighted by atomic mass is 32.2. The van der Waals surface area contributed by atoms with Gasteiger partial charge < -0.3 is 4.74 Å². The summed E-state index contributed by atoms with van der Waals surface area (Å²) in [5.41, 5.74) is 0.879. The third-order valence-electron chi connectivity index (χ3n) is 3.25. The van der Waals surface area contributed by atoms with Crippen LogP contribution in [0.1, 0.15) is 25.8 Å². The lowest BCUT2D eigenvalue weighted by atomic mass is 10.1. The number of esters is 1. The average Bonchev–Trinajstić information content (AvgIpc) is 2.91. The van der Waals surface area contributed by atoms with E-state index < -0.39 is 5.25 Å². The van der Waals surface area contributed by atoms with E-state index in [9.17, 15) is 9.59 Å². The van der Waals surface area contributed by atoms with Crippen molar-refractivity contribution in [2.75, 3.05) is 6.61 Å². The van der Waals surface area contributed by atoms with Crippen molar-refractivity contribution in [1.29, 1.82) is 0 Å². The lowest BCUT2D eigenvalue weighted by Crippen LogP contribution is -2.21. The van der Waals surface area contributed by atoms with Gasteiger partial charge in [0.15, 0.2) is 5.16 Å². The number of nitrogens with zero attached hydrogens (tertiary/aromatic N) is 2. The number of thioether (sulfide) groups is 1. The Morgan fingerprint density at radius 3 is 2.83 bits per heavy atom. The molecule has 2 rings (SSSR count). The quantitative estimate of drug-likeness (QED) is 0.591. The highest BCUT2D eigenvalue weighted by Crippen LogP contribution is 2.21. The van der Waals surface area contributed by atoms with Gasteiger partial charge >= 0.3 is 11.7 Å². The highest BCUT2D eigenvalue weighted by Gasteiger charge is 2.20. The number of H-pyrrole nitrogens is 1. The second-order valence-electron chi connectivity index (χ2n) is 5.13. The lowest BCUT2D eigenvalue weighted by molar-refractivity contribution is -0.142. The van der Waals surface area contributed by atoms with Gasteiger partial charge in [-0.25, -0.2) is 9.89 Å². The van der Waals surface area contributed by atoms with Crippen molar-refractivity contribution in [3.63, 3.8) is 0 Å². The first-order valence-corrected chi connectivity index (χ1v) is 8.52. The standard InChI is InChI=1S/C16H21N3O3S/c1-3-11-22-14(20)12(2)23-16-18-17-15(21)19(16)10-9-13-7-5-4-6-8-13/h4-8,12H,3,9-11H2,1-2H3,(H,17,21). The Labute approximate surface area is 139 Å². The Balaban J connectivity index is 2.00. The van der Waals surface area contributed by atoms with Gasteiger partial charge in [0, 0.05) is 6.54 Å². The number of aromatic nitrogens is 3. The molecule has 0 radical (unpaired) electrons. The zero-order valence-electron chi connectivity index (χ0n) is 13.3. The molecule has 1 aromatic carbocycles. The van der Waals surface area contributed by atoms with Crippen LogP contribution in [-0.4, -0.2) is 32.6 Å². The Morgan fingerprint density at radius 1 is 1.39 bits per heavy atom. The summed E-state index contributed by atoms with van der Waals surface area (Å²) in [6.45, 7) is 4.62. The van der Waals surface area contributed by atoms with Crippen LogP contribution in [0.15, 0.2) is 40.3 Å². The van der Waals surface area contributed by atoms with Crippen LogP contribution in [-0.2, 0) is 22.5 Å². The summed E-state index contributed by atoms with van der Waals surface area (Å²) < 4.78 is 6.67. The Kier molecular flexibility index (Phi) is 6.46. The minimum atomic E-state index is -0.410. The van der Waals surface area contributed by atoms with Crippen molar-refractivity contribution in [3.8, 4) is 0 Å². The van der Waals surface area contributed by atoms with Crippen LogP contribution in [0, 0.1) is 0 Å². The van der Waals surface area contributed by atoms with Gasteiger partial charge in [-0.2, -0.15) is 0 Å². The van der Waals surface area contributed by atoms with Crippen molar-refractivity contribution in [3.05, 3.63) is 46.4 Å². The number of benzene rings is 1. The maximum Gasteiger partial charge on any atom is 0.343 e. The number of aromatic amines is 1. The molecule has 0 saturated carbocycles. The van der Waals surface area contributed by atoms with E-state index in [0.717, 1.165) is 18.4 Å². The van der Waals surface area contributed by atoms with Crippen LogP contribution in [0.3, 0.4) is 0 Å². The summed E-state index contributed by atoms with van der Waals surface area (Å²) in [7, 11) is 0. The van der Waals surface area contributed by atoms with Crippen molar-refractivity contribution < 1.29 is 9.53 Å². The first-order valence-electron chi connectivity index (χ1n) is 7.64. The van der Waals surface area contributed by atoms with E-state index in [1.165, 1.54) is 11.8 Å². The van der Waals surface area contributed by atoms with Gasteiger partial charge in [-0.15, -0.1) is 5.10 Å². The summed E-state index contributed by atoms with van der Waals surface area (Å²) in [4.78, 5) is 23.7. The fourth-order valence-electron chi connectivity index (χ4n) is 2.00. The van der Waals surface area contributed by atoms with Gasteiger partial charge in [-0.3, -0.25) is 9.36 Å². The summed E-state index contributed by atoms with van der Waals surface area (Å²) in [6.07, 6.45) is 1.51. The minimum absolute atomic E-state index is 0.266. The summed E-state index contributed by atoms with van der Waals surface area (Å²) >= 11 is 1.23. The molecular formula is C16H21N3O3S. The van der Waals surface area contributed by atoms with Gasteiger partial charge in [0.05, 0.1) is 6.61 Å². The van der Waals surface area contributed by atoms with Gasteiger partial charge in [0.2, 0.25) is 0 Å². The first kappa shape index (κ1) is 17.3.